The van der Waals surface area contributed by atoms with E-state index in [1.807, 2.05) is 0 Å². The molecule has 2 heterocycles. The highest BCUT2D eigenvalue weighted by Crippen LogP contribution is 2.53. The molecule has 7 nitrogen and oxygen atoms in total. The summed E-state index contributed by atoms with van der Waals surface area (Å²) >= 11 is 5.92. The Balaban J connectivity index is 1.15. The molecule has 0 unspecified atom stereocenters. The van der Waals surface area contributed by atoms with Crippen molar-refractivity contribution in [1.29, 1.82) is 0 Å². The van der Waals surface area contributed by atoms with Crippen LogP contribution in [0.2, 0.25) is 5.02 Å². The lowest BCUT2D eigenvalue weighted by molar-refractivity contribution is -0.139. The molecular formula is C27H23ClN2O5. The second-order valence-corrected chi connectivity index (χ2v) is 10.2. The normalized spacial score (nSPS) is 28.9. The van der Waals surface area contributed by atoms with Crippen LogP contribution in [0.4, 0.5) is 11.4 Å². The maximum atomic E-state index is 13.1. The molecule has 2 aromatic rings. The van der Waals surface area contributed by atoms with Crippen LogP contribution >= 0.6 is 11.6 Å². The predicted molar refractivity (Wildman–Crippen MR) is 129 cm³/mol. The molecule has 0 aromatic heterocycles. The van der Waals surface area contributed by atoms with E-state index in [-0.39, 0.29) is 54.4 Å². The Morgan fingerprint density at radius 3 is 2.26 bits per heavy atom. The van der Waals surface area contributed by atoms with Crippen LogP contribution in [0, 0.1) is 36.5 Å². The van der Waals surface area contributed by atoms with Crippen LogP contribution in [-0.4, -0.2) is 30.2 Å². The molecule has 2 saturated heterocycles. The molecule has 178 valence electrons. The molecule has 0 N–H and O–H groups in total. The molecule has 3 amide bonds. The number of allylic oxidation sites excluding steroid dienone is 2. The van der Waals surface area contributed by atoms with Gasteiger partial charge in [0, 0.05) is 23.7 Å². The van der Waals surface area contributed by atoms with Crippen molar-refractivity contribution < 1.29 is 23.9 Å². The topological polar surface area (TPSA) is 84.0 Å². The number of imide groups is 1. The van der Waals surface area contributed by atoms with Gasteiger partial charge in [0.05, 0.1) is 23.4 Å². The van der Waals surface area contributed by atoms with Gasteiger partial charge in [-0.05, 0) is 73.2 Å². The Hall–Kier alpha value is -3.45. The Kier molecular flexibility index (Phi) is 5.07. The van der Waals surface area contributed by atoms with Gasteiger partial charge >= 0.3 is 5.97 Å². The van der Waals surface area contributed by atoms with Crippen LogP contribution in [0.3, 0.4) is 0 Å². The van der Waals surface area contributed by atoms with Crippen molar-refractivity contribution >= 4 is 46.7 Å². The molecule has 0 radical (unpaired) electrons. The summed E-state index contributed by atoms with van der Waals surface area (Å²) < 4.78 is 5.58. The number of hydrogen-bond donors (Lipinski definition) is 0. The molecule has 2 aliphatic heterocycles. The number of ether oxygens (including phenoxy) is 1. The van der Waals surface area contributed by atoms with Gasteiger partial charge in [-0.1, -0.05) is 23.8 Å². The third-order valence-corrected chi connectivity index (χ3v) is 7.95. The second kappa shape index (κ2) is 8.05. The monoisotopic (exact) mass is 490 g/mol. The number of nitrogens with zero attached hydrogens (tertiary/aromatic N) is 2. The van der Waals surface area contributed by atoms with E-state index >= 15 is 0 Å². The molecule has 2 aliphatic carbocycles. The third-order valence-electron chi connectivity index (χ3n) is 7.69. The van der Waals surface area contributed by atoms with Gasteiger partial charge in [-0.3, -0.25) is 19.2 Å². The van der Waals surface area contributed by atoms with E-state index < -0.39 is 11.9 Å². The smallest absolute Gasteiger partial charge is 0.316 e. The maximum Gasteiger partial charge on any atom is 0.316 e. The Labute approximate surface area is 207 Å². The van der Waals surface area contributed by atoms with Crippen molar-refractivity contribution in [2.24, 2.45) is 29.6 Å². The first-order valence-electron chi connectivity index (χ1n) is 11.8. The van der Waals surface area contributed by atoms with Crippen LogP contribution in [0.5, 0.6) is 5.75 Å². The number of fused-ring (bicyclic) bond motifs is 5. The average Bonchev–Trinajstić information content (AvgIpc) is 3.59. The lowest BCUT2D eigenvalue weighted by atomic mass is 9.85. The van der Waals surface area contributed by atoms with Crippen molar-refractivity contribution in [3.8, 4) is 5.75 Å². The van der Waals surface area contributed by atoms with E-state index in [0.29, 0.717) is 27.7 Å². The fraction of sp³-hybridized carbons (Fsp3) is 0.333. The van der Waals surface area contributed by atoms with E-state index in [4.69, 9.17) is 16.3 Å². The molecule has 5 atom stereocenters. The molecule has 2 aromatic carbocycles. The Morgan fingerprint density at radius 1 is 0.971 bits per heavy atom. The molecule has 1 saturated carbocycles. The first kappa shape index (κ1) is 22.0. The minimum Gasteiger partial charge on any atom is -0.426 e. The van der Waals surface area contributed by atoms with Crippen LogP contribution in [0.15, 0.2) is 54.6 Å². The number of benzene rings is 2. The maximum absolute atomic E-state index is 13.1. The molecule has 8 heteroatoms. The van der Waals surface area contributed by atoms with E-state index in [0.717, 1.165) is 6.42 Å². The summed E-state index contributed by atoms with van der Waals surface area (Å²) in [6, 6.07) is 11.8. The molecule has 6 rings (SSSR count). The van der Waals surface area contributed by atoms with Crippen molar-refractivity contribution in [2.45, 2.75) is 19.8 Å². The first-order chi connectivity index (χ1) is 16.8. The fourth-order valence-electron chi connectivity index (χ4n) is 6.02. The lowest BCUT2D eigenvalue weighted by Gasteiger charge is -2.20. The second-order valence-electron chi connectivity index (χ2n) is 9.76. The molecule has 3 fully saturated rings. The first-order valence-corrected chi connectivity index (χ1v) is 12.1. The third kappa shape index (κ3) is 3.48. The Bertz CT molecular complexity index is 1270. The predicted octanol–water partition coefficient (Wildman–Crippen LogP) is 3.92. The highest BCUT2D eigenvalue weighted by molar-refractivity contribution is 6.30. The summed E-state index contributed by atoms with van der Waals surface area (Å²) in [7, 11) is 0. The average molecular weight is 491 g/mol. The summed E-state index contributed by atoms with van der Waals surface area (Å²) in [6.45, 7) is 2.02. The minimum absolute atomic E-state index is 0.0639. The fourth-order valence-corrected chi connectivity index (χ4v) is 6.14. The molecule has 2 bridgehead atoms. The van der Waals surface area contributed by atoms with E-state index in [2.05, 4.69) is 12.2 Å². The van der Waals surface area contributed by atoms with Gasteiger partial charge in [-0.2, -0.15) is 0 Å². The number of anilines is 2. The Morgan fingerprint density at radius 2 is 1.63 bits per heavy atom. The lowest BCUT2D eigenvalue weighted by Crippen LogP contribution is -2.33. The highest BCUT2D eigenvalue weighted by atomic mass is 35.5. The summed E-state index contributed by atoms with van der Waals surface area (Å²) in [5, 5.41) is 0.569. The number of rotatable bonds is 4. The van der Waals surface area contributed by atoms with Crippen LogP contribution in [0.1, 0.15) is 18.4 Å². The molecule has 0 spiro atoms. The zero-order valence-corrected chi connectivity index (χ0v) is 19.8. The van der Waals surface area contributed by atoms with Gasteiger partial charge in [0.15, 0.2) is 0 Å². The van der Waals surface area contributed by atoms with E-state index in [1.165, 1.54) is 4.90 Å². The number of carbonyl (C=O) groups excluding carboxylic acids is 4. The zero-order chi connectivity index (χ0) is 24.4. The minimum atomic E-state index is -0.595. The van der Waals surface area contributed by atoms with Crippen LogP contribution in [0.25, 0.3) is 0 Å². The molecular weight excluding hydrogens is 468 g/mol. The zero-order valence-electron chi connectivity index (χ0n) is 19.0. The summed E-state index contributed by atoms with van der Waals surface area (Å²) in [5.41, 5.74) is 1.88. The van der Waals surface area contributed by atoms with E-state index in [9.17, 15) is 19.2 Å². The molecule has 4 aliphatic rings. The van der Waals surface area contributed by atoms with Gasteiger partial charge < -0.3 is 9.64 Å². The van der Waals surface area contributed by atoms with Gasteiger partial charge in [0.1, 0.15) is 5.75 Å². The van der Waals surface area contributed by atoms with Crippen molar-refractivity contribution in [3.63, 3.8) is 0 Å². The SMILES string of the molecule is Cc1cc(OC(=O)[C@H]2CC(=O)N(c3ccc(Cl)cc3)C2)ccc1N1C(=O)[C@@H]2[C@@H](C1=O)[C@H]1C=C[C@@H]2C1. The summed E-state index contributed by atoms with van der Waals surface area (Å²) in [5.74, 6) is -1.45. The largest absolute Gasteiger partial charge is 0.426 e. The van der Waals surface area contributed by atoms with E-state index in [1.54, 1.807) is 54.3 Å². The number of esters is 1. The number of amides is 3. The van der Waals surface area contributed by atoms with Gasteiger partial charge in [0.25, 0.3) is 0 Å². The number of hydrogen-bond acceptors (Lipinski definition) is 5. The van der Waals surface area contributed by atoms with Crippen LogP contribution < -0.4 is 14.5 Å². The summed E-state index contributed by atoms with van der Waals surface area (Å²) in [6.07, 6.45) is 5.08. The number of aryl methyl sites for hydroxylation is 1. The number of carbonyl (C=O) groups is 4. The summed E-state index contributed by atoms with van der Waals surface area (Å²) in [4.78, 5) is 54.4. The van der Waals surface area contributed by atoms with Crippen molar-refractivity contribution in [1.82, 2.24) is 0 Å². The van der Waals surface area contributed by atoms with Gasteiger partial charge in [0.2, 0.25) is 17.7 Å². The van der Waals surface area contributed by atoms with Gasteiger partial charge in [-0.15, -0.1) is 0 Å². The van der Waals surface area contributed by atoms with Gasteiger partial charge in [-0.25, -0.2) is 4.90 Å². The molecule has 35 heavy (non-hydrogen) atoms. The number of halogens is 1. The van der Waals surface area contributed by atoms with Crippen molar-refractivity contribution in [2.75, 3.05) is 16.3 Å². The van der Waals surface area contributed by atoms with Crippen molar-refractivity contribution in [3.05, 3.63) is 65.2 Å². The quantitative estimate of drug-likeness (QED) is 0.281. The highest BCUT2D eigenvalue weighted by Gasteiger charge is 2.59. The standard InChI is InChI=1S/C27H23ClN2O5/c1-14-10-20(35-27(34)17-12-22(31)29(13-17)19-6-4-18(28)5-7-19)8-9-21(14)30-25(32)23-15-2-3-16(11-15)24(23)26(30)33/h2-10,15-17,23-24H,11-13H2,1H3/t15-,16+,17-,23-,24-/m0/s1. The van der Waals surface area contributed by atoms with Crippen LogP contribution in [-0.2, 0) is 19.2 Å².